The van der Waals surface area contributed by atoms with Crippen molar-refractivity contribution < 1.29 is 9.53 Å². The van der Waals surface area contributed by atoms with E-state index in [9.17, 15) is 4.79 Å². The van der Waals surface area contributed by atoms with Gasteiger partial charge in [0.15, 0.2) is 0 Å². The summed E-state index contributed by atoms with van der Waals surface area (Å²) in [5.41, 5.74) is 0.573. The number of aromatic nitrogens is 1. The molecule has 1 aromatic rings. The van der Waals surface area contributed by atoms with Crippen molar-refractivity contribution in [2.45, 2.75) is 25.4 Å². The predicted octanol–water partition coefficient (Wildman–Crippen LogP) is 1.89. The van der Waals surface area contributed by atoms with Gasteiger partial charge in [-0.3, -0.25) is 4.98 Å². The minimum absolute atomic E-state index is 0.251. The van der Waals surface area contributed by atoms with E-state index in [1.54, 1.807) is 6.20 Å². The second kappa shape index (κ2) is 3.85. The highest BCUT2D eigenvalue weighted by Crippen LogP contribution is 2.24. The highest BCUT2D eigenvalue weighted by atomic mass is 16.6. The number of rotatable bonds is 3. The number of ether oxygens (including phenoxy) is 1. The summed E-state index contributed by atoms with van der Waals surface area (Å²) in [4.78, 5) is 15.2. The summed E-state index contributed by atoms with van der Waals surface area (Å²) in [5, 5.41) is 0. The first-order valence-electron chi connectivity index (χ1n) is 5.00. The fraction of sp³-hybridized carbons (Fsp3) is 0.333. The molecule has 1 aliphatic heterocycles. The zero-order valence-electron chi connectivity index (χ0n) is 8.64. The maximum atomic E-state index is 10.9. The molecule has 0 N–H and O–H groups in total. The van der Waals surface area contributed by atoms with Crippen LogP contribution < -0.4 is 0 Å². The summed E-state index contributed by atoms with van der Waals surface area (Å²) in [6.07, 6.45) is 6.66. The van der Waals surface area contributed by atoms with Gasteiger partial charge >= 0.3 is 5.97 Å². The molecule has 3 heteroatoms. The first-order valence-corrected chi connectivity index (χ1v) is 5.00. The monoisotopic (exact) mass is 203 g/mol. The first-order chi connectivity index (χ1) is 7.18. The fourth-order valence-electron chi connectivity index (χ4n) is 1.60. The zero-order chi connectivity index (χ0) is 10.7. The normalized spacial score (nSPS) is 24.2. The van der Waals surface area contributed by atoms with Crippen molar-refractivity contribution in [2.75, 3.05) is 0 Å². The number of carbonyl (C=O) groups is 1. The average Bonchev–Trinajstić information content (AvgIpc) is 2.58. The largest absolute Gasteiger partial charge is 0.452 e. The Balaban J connectivity index is 1.94. The van der Waals surface area contributed by atoms with E-state index in [1.165, 1.54) is 6.08 Å². The molecule has 0 amide bonds. The maximum Gasteiger partial charge on any atom is 0.331 e. The lowest BCUT2D eigenvalue weighted by atomic mass is 9.99. The molecule has 3 nitrogen and oxygen atoms in total. The van der Waals surface area contributed by atoms with Gasteiger partial charge < -0.3 is 4.74 Å². The van der Waals surface area contributed by atoms with Gasteiger partial charge in [-0.05, 0) is 38.0 Å². The third-order valence-corrected chi connectivity index (χ3v) is 2.51. The molecule has 1 aromatic heterocycles. The highest BCUT2D eigenvalue weighted by Gasteiger charge is 2.29. The Hall–Kier alpha value is -1.64. The number of cyclic esters (lactones) is 1. The molecule has 1 atom stereocenters. The van der Waals surface area contributed by atoms with E-state index in [0.29, 0.717) is 0 Å². The zero-order valence-corrected chi connectivity index (χ0v) is 8.64. The molecule has 0 saturated heterocycles. The smallest absolute Gasteiger partial charge is 0.331 e. The van der Waals surface area contributed by atoms with Crippen LogP contribution in [0.1, 0.15) is 19.0 Å². The van der Waals surface area contributed by atoms with Crippen molar-refractivity contribution in [2.24, 2.45) is 0 Å². The summed E-state index contributed by atoms with van der Waals surface area (Å²) in [5.74, 6) is -0.251. The van der Waals surface area contributed by atoms with Crippen molar-refractivity contribution in [3.63, 3.8) is 0 Å². The minimum atomic E-state index is -0.450. The molecule has 78 valence electrons. The summed E-state index contributed by atoms with van der Waals surface area (Å²) in [7, 11) is 0. The third kappa shape index (κ3) is 2.43. The second-order valence-electron chi connectivity index (χ2n) is 3.89. The highest BCUT2D eigenvalue weighted by molar-refractivity contribution is 5.85. The number of pyridine rings is 1. The van der Waals surface area contributed by atoms with Crippen LogP contribution >= 0.6 is 0 Å². The number of aryl methyl sites for hydroxylation is 1. The van der Waals surface area contributed by atoms with Gasteiger partial charge in [0.1, 0.15) is 5.60 Å². The van der Waals surface area contributed by atoms with E-state index in [-0.39, 0.29) is 5.97 Å². The average molecular weight is 203 g/mol. The van der Waals surface area contributed by atoms with Crippen molar-refractivity contribution in [1.29, 1.82) is 0 Å². The van der Waals surface area contributed by atoms with Gasteiger partial charge in [-0.15, -0.1) is 0 Å². The number of carbonyl (C=O) groups excluding carboxylic acids is 1. The number of nitrogens with zero attached hydrogens (tertiary/aromatic N) is 1. The molecule has 0 spiro atoms. The van der Waals surface area contributed by atoms with Crippen molar-refractivity contribution in [1.82, 2.24) is 4.98 Å². The van der Waals surface area contributed by atoms with Crippen LogP contribution in [0.5, 0.6) is 0 Å². The van der Waals surface area contributed by atoms with Crippen LogP contribution in [-0.4, -0.2) is 16.6 Å². The molecule has 0 aliphatic carbocycles. The lowest BCUT2D eigenvalue weighted by Gasteiger charge is -2.20. The lowest BCUT2D eigenvalue weighted by molar-refractivity contribution is -0.144. The van der Waals surface area contributed by atoms with Crippen LogP contribution in [0.25, 0.3) is 0 Å². The molecule has 2 heterocycles. The quantitative estimate of drug-likeness (QED) is 0.704. The van der Waals surface area contributed by atoms with Crippen LogP contribution in [0.4, 0.5) is 0 Å². The maximum absolute atomic E-state index is 10.9. The number of hydrogen-bond donors (Lipinski definition) is 0. The van der Waals surface area contributed by atoms with Gasteiger partial charge in [0.25, 0.3) is 0 Å². The third-order valence-electron chi connectivity index (χ3n) is 2.51. The SMILES string of the molecule is CC1(CCc2ccccn2)C=CC(=O)O1. The summed E-state index contributed by atoms with van der Waals surface area (Å²) in [6.45, 7) is 1.91. The Bertz CT molecular complexity index is 386. The molecule has 0 fully saturated rings. The van der Waals surface area contributed by atoms with E-state index in [4.69, 9.17) is 4.74 Å². The Labute approximate surface area is 88.8 Å². The molecule has 15 heavy (non-hydrogen) atoms. The molecule has 0 saturated carbocycles. The van der Waals surface area contributed by atoms with Gasteiger partial charge in [0, 0.05) is 18.0 Å². The van der Waals surface area contributed by atoms with Crippen LogP contribution in [0.15, 0.2) is 36.5 Å². The summed E-state index contributed by atoms with van der Waals surface area (Å²) < 4.78 is 5.19. The second-order valence-corrected chi connectivity index (χ2v) is 3.89. The summed E-state index contributed by atoms with van der Waals surface area (Å²) in [6, 6.07) is 5.83. The van der Waals surface area contributed by atoms with E-state index in [1.807, 2.05) is 31.2 Å². The molecule has 1 unspecified atom stereocenters. The molecule has 2 rings (SSSR count). The minimum Gasteiger partial charge on any atom is -0.452 e. The Kier molecular flexibility index (Phi) is 2.54. The van der Waals surface area contributed by atoms with Gasteiger partial charge in [0.2, 0.25) is 0 Å². The standard InChI is InChI=1S/C12H13NO2/c1-12(8-6-11(14)15-12)7-5-10-4-2-3-9-13-10/h2-4,6,8-9H,5,7H2,1H3. The molecule has 0 aromatic carbocycles. The van der Waals surface area contributed by atoms with Crippen molar-refractivity contribution in [3.05, 3.63) is 42.2 Å². The lowest BCUT2D eigenvalue weighted by Crippen LogP contribution is -2.24. The van der Waals surface area contributed by atoms with E-state index in [2.05, 4.69) is 4.98 Å². The number of hydrogen-bond acceptors (Lipinski definition) is 3. The first kappa shape index (κ1) is 9.90. The summed E-state index contributed by atoms with van der Waals surface area (Å²) >= 11 is 0. The van der Waals surface area contributed by atoms with E-state index >= 15 is 0 Å². The Morgan fingerprint density at radius 3 is 2.93 bits per heavy atom. The molecular weight excluding hydrogens is 190 g/mol. The van der Waals surface area contributed by atoms with Crippen molar-refractivity contribution >= 4 is 5.97 Å². The van der Waals surface area contributed by atoms with Gasteiger partial charge in [-0.1, -0.05) is 6.07 Å². The molecule has 1 aliphatic rings. The van der Waals surface area contributed by atoms with Gasteiger partial charge in [-0.2, -0.15) is 0 Å². The van der Waals surface area contributed by atoms with E-state index in [0.717, 1.165) is 18.5 Å². The Morgan fingerprint density at radius 2 is 2.33 bits per heavy atom. The van der Waals surface area contributed by atoms with Crippen LogP contribution in [0.2, 0.25) is 0 Å². The van der Waals surface area contributed by atoms with Gasteiger partial charge in [0.05, 0.1) is 0 Å². The van der Waals surface area contributed by atoms with Crippen LogP contribution in [-0.2, 0) is 16.0 Å². The molecule has 0 bridgehead atoms. The molecular formula is C12H13NO2. The van der Waals surface area contributed by atoms with Crippen molar-refractivity contribution in [3.8, 4) is 0 Å². The van der Waals surface area contributed by atoms with Crippen LogP contribution in [0, 0.1) is 0 Å². The van der Waals surface area contributed by atoms with Gasteiger partial charge in [-0.25, -0.2) is 4.79 Å². The predicted molar refractivity (Wildman–Crippen MR) is 56.2 cm³/mol. The fourth-order valence-corrected chi connectivity index (χ4v) is 1.60. The topological polar surface area (TPSA) is 39.2 Å². The number of esters is 1. The Morgan fingerprint density at radius 1 is 1.47 bits per heavy atom. The molecule has 0 radical (unpaired) electrons. The van der Waals surface area contributed by atoms with E-state index < -0.39 is 5.60 Å². The van der Waals surface area contributed by atoms with Crippen LogP contribution in [0.3, 0.4) is 0 Å².